The number of methoxy groups -OCH3 is 1. The van der Waals surface area contributed by atoms with Crippen molar-refractivity contribution in [3.05, 3.63) is 0 Å². The Balaban J connectivity index is 2.50. The molecule has 0 bridgehead atoms. The molecule has 1 saturated carbocycles. The predicted octanol–water partition coefficient (Wildman–Crippen LogP) is 2.50. The van der Waals surface area contributed by atoms with E-state index in [1.54, 1.807) is 7.11 Å². The summed E-state index contributed by atoms with van der Waals surface area (Å²) in [5.41, 5.74) is -0.284. The van der Waals surface area contributed by atoms with Gasteiger partial charge >= 0.3 is 0 Å². The van der Waals surface area contributed by atoms with Crippen LogP contribution in [0.15, 0.2) is 0 Å². The first-order valence-electron chi connectivity index (χ1n) is 5.88. The molecule has 0 spiro atoms. The van der Waals surface area contributed by atoms with Crippen molar-refractivity contribution < 1.29 is 9.84 Å². The van der Waals surface area contributed by atoms with E-state index in [2.05, 4.69) is 11.8 Å². The van der Waals surface area contributed by atoms with Gasteiger partial charge in [-0.25, -0.2) is 0 Å². The van der Waals surface area contributed by atoms with Crippen LogP contribution >= 0.6 is 0 Å². The summed E-state index contributed by atoms with van der Waals surface area (Å²) in [6.45, 7) is 1.83. The van der Waals surface area contributed by atoms with Crippen molar-refractivity contribution in [2.45, 2.75) is 63.6 Å². The third-order valence-electron chi connectivity index (χ3n) is 3.43. The highest BCUT2D eigenvalue weighted by atomic mass is 16.5. The van der Waals surface area contributed by atoms with Crippen LogP contribution in [-0.2, 0) is 4.74 Å². The minimum absolute atomic E-state index is 0.284. The minimum atomic E-state index is -0.358. The van der Waals surface area contributed by atoms with Crippen molar-refractivity contribution in [2.24, 2.45) is 0 Å². The third-order valence-corrected chi connectivity index (χ3v) is 3.43. The van der Waals surface area contributed by atoms with Gasteiger partial charge in [-0.2, -0.15) is 0 Å². The average molecular weight is 210 g/mol. The second-order valence-corrected chi connectivity index (χ2v) is 4.31. The highest BCUT2D eigenvalue weighted by Crippen LogP contribution is 2.35. The van der Waals surface area contributed by atoms with Crippen molar-refractivity contribution in [2.75, 3.05) is 7.11 Å². The first-order valence-corrected chi connectivity index (χ1v) is 5.88. The van der Waals surface area contributed by atoms with E-state index in [4.69, 9.17) is 4.74 Å². The number of hydrogen-bond donors (Lipinski definition) is 1. The van der Waals surface area contributed by atoms with Gasteiger partial charge in [0.05, 0.1) is 11.7 Å². The molecule has 0 radical (unpaired) electrons. The summed E-state index contributed by atoms with van der Waals surface area (Å²) in [5.74, 6) is 5.85. The molecule has 1 fully saturated rings. The zero-order valence-corrected chi connectivity index (χ0v) is 9.88. The van der Waals surface area contributed by atoms with Crippen molar-refractivity contribution in [3.63, 3.8) is 0 Å². The summed E-state index contributed by atoms with van der Waals surface area (Å²) >= 11 is 0. The maximum Gasteiger partial charge on any atom is 0.0936 e. The smallest absolute Gasteiger partial charge is 0.0936 e. The summed E-state index contributed by atoms with van der Waals surface area (Å²) < 4.78 is 5.57. The number of rotatable bonds is 4. The molecule has 2 nitrogen and oxygen atoms in total. The fourth-order valence-corrected chi connectivity index (χ4v) is 2.42. The molecule has 1 aliphatic rings. The van der Waals surface area contributed by atoms with E-state index >= 15 is 0 Å². The molecule has 1 unspecified atom stereocenters. The number of aliphatic hydroxyl groups excluding tert-OH is 1. The average Bonchev–Trinajstić information content (AvgIpc) is 2.30. The Kier molecular flexibility index (Phi) is 5.14. The van der Waals surface area contributed by atoms with Crippen LogP contribution in [0.4, 0.5) is 0 Å². The SMILES string of the molecule is CC#CCCC(O)C1(OC)CCCCC1. The first-order chi connectivity index (χ1) is 7.25. The minimum Gasteiger partial charge on any atom is -0.390 e. The van der Waals surface area contributed by atoms with Gasteiger partial charge in [0.15, 0.2) is 0 Å². The topological polar surface area (TPSA) is 29.5 Å². The van der Waals surface area contributed by atoms with Gasteiger partial charge in [0.25, 0.3) is 0 Å². The summed E-state index contributed by atoms with van der Waals surface area (Å²) in [5, 5.41) is 10.2. The van der Waals surface area contributed by atoms with Crippen molar-refractivity contribution in [1.82, 2.24) is 0 Å². The lowest BCUT2D eigenvalue weighted by atomic mass is 9.79. The van der Waals surface area contributed by atoms with Gasteiger partial charge in [0.2, 0.25) is 0 Å². The Labute approximate surface area is 93.0 Å². The zero-order valence-electron chi connectivity index (χ0n) is 9.88. The van der Waals surface area contributed by atoms with Crippen molar-refractivity contribution in [1.29, 1.82) is 0 Å². The number of hydrogen-bond acceptors (Lipinski definition) is 2. The van der Waals surface area contributed by atoms with Gasteiger partial charge < -0.3 is 9.84 Å². The van der Waals surface area contributed by atoms with Gasteiger partial charge in [-0.05, 0) is 26.2 Å². The molecular weight excluding hydrogens is 188 g/mol. The lowest BCUT2D eigenvalue weighted by Crippen LogP contribution is -2.45. The summed E-state index contributed by atoms with van der Waals surface area (Å²) in [7, 11) is 1.72. The second kappa shape index (κ2) is 6.15. The van der Waals surface area contributed by atoms with E-state index in [1.807, 2.05) is 6.92 Å². The van der Waals surface area contributed by atoms with Gasteiger partial charge in [0.1, 0.15) is 0 Å². The Morgan fingerprint density at radius 2 is 2.00 bits per heavy atom. The molecule has 1 rings (SSSR count). The molecule has 0 amide bonds. The highest BCUT2D eigenvalue weighted by molar-refractivity contribution is 4.98. The van der Waals surface area contributed by atoms with Crippen LogP contribution in [0.25, 0.3) is 0 Å². The van der Waals surface area contributed by atoms with Crippen LogP contribution in [0.1, 0.15) is 51.9 Å². The maximum atomic E-state index is 10.2. The van der Waals surface area contributed by atoms with Gasteiger partial charge in [-0.15, -0.1) is 11.8 Å². The molecule has 0 aromatic heterocycles. The Bertz CT molecular complexity index is 231. The third kappa shape index (κ3) is 3.22. The molecule has 0 aromatic rings. The second-order valence-electron chi connectivity index (χ2n) is 4.31. The molecular formula is C13H22O2. The fraction of sp³-hybridized carbons (Fsp3) is 0.846. The van der Waals surface area contributed by atoms with Gasteiger partial charge in [-0.3, -0.25) is 0 Å². The summed E-state index contributed by atoms with van der Waals surface area (Å²) in [4.78, 5) is 0. The van der Waals surface area contributed by atoms with Crippen LogP contribution in [0.2, 0.25) is 0 Å². The highest BCUT2D eigenvalue weighted by Gasteiger charge is 2.38. The quantitative estimate of drug-likeness (QED) is 0.722. The molecule has 15 heavy (non-hydrogen) atoms. The Morgan fingerprint density at radius 3 is 2.53 bits per heavy atom. The molecule has 1 atom stereocenters. The monoisotopic (exact) mass is 210 g/mol. The lowest BCUT2D eigenvalue weighted by Gasteiger charge is -2.39. The largest absolute Gasteiger partial charge is 0.390 e. The van der Waals surface area contributed by atoms with E-state index in [9.17, 15) is 5.11 Å². The molecule has 1 N–H and O–H groups in total. The van der Waals surface area contributed by atoms with E-state index in [1.165, 1.54) is 19.3 Å². The Morgan fingerprint density at radius 1 is 1.33 bits per heavy atom. The van der Waals surface area contributed by atoms with Crippen LogP contribution in [-0.4, -0.2) is 23.9 Å². The van der Waals surface area contributed by atoms with Crippen LogP contribution in [0.3, 0.4) is 0 Å². The maximum absolute atomic E-state index is 10.2. The van der Waals surface area contributed by atoms with E-state index in [-0.39, 0.29) is 11.7 Å². The van der Waals surface area contributed by atoms with Crippen molar-refractivity contribution >= 4 is 0 Å². The van der Waals surface area contributed by atoms with Gasteiger partial charge in [0, 0.05) is 13.5 Å². The fourth-order valence-electron chi connectivity index (χ4n) is 2.42. The Hall–Kier alpha value is -0.520. The zero-order chi connectivity index (χ0) is 11.1. The first kappa shape index (κ1) is 12.5. The molecule has 0 aromatic carbocycles. The molecule has 86 valence electrons. The van der Waals surface area contributed by atoms with E-state index in [0.717, 1.165) is 25.7 Å². The summed E-state index contributed by atoms with van der Waals surface area (Å²) in [6, 6.07) is 0. The molecule has 0 saturated heterocycles. The normalized spacial score (nSPS) is 21.5. The summed E-state index contributed by atoms with van der Waals surface area (Å²) in [6.07, 6.45) is 6.73. The van der Waals surface area contributed by atoms with Crippen LogP contribution in [0.5, 0.6) is 0 Å². The standard InChI is InChI=1S/C13H22O2/c1-3-4-6-9-12(14)13(15-2)10-7-5-8-11-13/h12,14H,5-11H2,1-2H3. The lowest BCUT2D eigenvalue weighted by molar-refractivity contribution is -0.124. The van der Waals surface area contributed by atoms with E-state index in [0.29, 0.717) is 0 Å². The van der Waals surface area contributed by atoms with Crippen molar-refractivity contribution in [3.8, 4) is 11.8 Å². The molecule has 1 aliphatic carbocycles. The number of aliphatic hydroxyl groups is 1. The molecule has 0 aliphatic heterocycles. The molecule has 2 heteroatoms. The predicted molar refractivity (Wildman–Crippen MR) is 61.5 cm³/mol. The van der Waals surface area contributed by atoms with Crippen LogP contribution < -0.4 is 0 Å². The number of ether oxygens (including phenoxy) is 1. The van der Waals surface area contributed by atoms with Gasteiger partial charge in [-0.1, -0.05) is 19.3 Å². The molecule has 0 heterocycles. The van der Waals surface area contributed by atoms with Crippen LogP contribution in [0, 0.1) is 11.8 Å². The van der Waals surface area contributed by atoms with E-state index < -0.39 is 0 Å².